The number of hydrogen-bond acceptors (Lipinski definition) is 3. The van der Waals surface area contributed by atoms with E-state index in [1.807, 2.05) is 0 Å². The second-order valence-corrected chi connectivity index (χ2v) is 6.10. The van der Waals surface area contributed by atoms with E-state index >= 15 is 0 Å². The van der Waals surface area contributed by atoms with E-state index < -0.39 is 35.4 Å². The minimum atomic E-state index is -4.68. The second-order valence-electron chi connectivity index (χ2n) is 6.10. The molecule has 3 heterocycles. The number of imide groups is 1. The number of halogens is 3. The van der Waals surface area contributed by atoms with Crippen LogP contribution in [0.3, 0.4) is 0 Å². The summed E-state index contributed by atoms with van der Waals surface area (Å²) in [5.74, 6) is -0.892. The molecule has 0 aromatic carbocycles. The number of aromatic nitrogens is 1. The molecule has 2 fully saturated rings. The van der Waals surface area contributed by atoms with Crippen LogP contribution in [0.15, 0.2) is 6.07 Å². The van der Waals surface area contributed by atoms with Crippen LogP contribution < -0.4 is 9.63 Å². The summed E-state index contributed by atoms with van der Waals surface area (Å²) in [5.41, 5.74) is -1.73. The van der Waals surface area contributed by atoms with E-state index in [9.17, 15) is 28.0 Å². The molecule has 6 nitrogen and oxygen atoms in total. The lowest BCUT2D eigenvalue weighted by molar-refractivity contribution is -0.600. The zero-order valence-corrected chi connectivity index (χ0v) is 13.2. The maximum Gasteiger partial charge on any atom is 0.420 e. The highest BCUT2D eigenvalue weighted by atomic mass is 19.4. The Morgan fingerprint density at radius 3 is 2.50 bits per heavy atom. The second kappa shape index (κ2) is 5.35. The lowest BCUT2D eigenvalue weighted by Crippen LogP contribution is -2.46. The molecule has 1 aromatic rings. The number of urea groups is 1. The first-order valence-corrected chi connectivity index (χ1v) is 7.60. The Labute approximate surface area is 136 Å². The van der Waals surface area contributed by atoms with E-state index in [1.165, 1.54) is 11.8 Å². The third-order valence-corrected chi connectivity index (χ3v) is 4.56. The van der Waals surface area contributed by atoms with Crippen LogP contribution in [-0.4, -0.2) is 29.4 Å². The Bertz CT molecular complexity index is 709. The summed E-state index contributed by atoms with van der Waals surface area (Å²) in [6.45, 7) is 2.72. The molecule has 0 aliphatic carbocycles. The van der Waals surface area contributed by atoms with Crippen LogP contribution in [0, 0.1) is 19.1 Å². The van der Waals surface area contributed by atoms with Crippen molar-refractivity contribution in [1.82, 2.24) is 4.90 Å². The Kier molecular flexibility index (Phi) is 3.69. The monoisotopic (exact) mass is 343 g/mol. The number of pyridine rings is 1. The van der Waals surface area contributed by atoms with Crippen molar-refractivity contribution in [1.29, 1.82) is 0 Å². The first-order chi connectivity index (χ1) is 11.1. The van der Waals surface area contributed by atoms with Crippen molar-refractivity contribution in [2.75, 3.05) is 11.4 Å². The van der Waals surface area contributed by atoms with Crippen molar-refractivity contribution in [3.63, 3.8) is 0 Å². The molecule has 0 N–H and O–H groups in total. The Morgan fingerprint density at radius 2 is 1.92 bits per heavy atom. The summed E-state index contributed by atoms with van der Waals surface area (Å²) in [7, 11) is 0. The number of piperidine rings is 1. The Balaban J connectivity index is 2.12. The van der Waals surface area contributed by atoms with Crippen LogP contribution in [0.1, 0.15) is 36.1 Å². The molecule has 130 valence electrons. The summed E-state index contributed by atoms with van der Waals surface area (Å²) in [6, 6.07) is -0.471. The molecular weight excluding hydrogens is 327 g/mol. The average molecular weight is 343 g/mol. The summed E-state index contributed by atoms with van der Waals surface area (Å²) < 4.78 is 39.0. The smallest absolute Gasteiger partial charge is 0.420 e. The maximum absolute atomic E-state index is 13.0. The lowest BCUT2D eigenvalue weighted by atomic mass is 10.0. The molecule has 24 heavy (non-hydrogen) atoms. The van der Waals surface area contributed by atoms with Gasteiger partial charge < -0.3 is 5.21 Å². The molecular formula is C15H16F3N3O3. The molecule has 3 rings (SSSR count). The number of alkyl halides is 3. The first-order valence-electron chi connectivity index (χ1n) is 7.60. The number of aryl methyl sites for hydroxylation is 1. The lowest BCUT2D eigenvalue weighted by Gasteiger charge is -2.24. The normalized spacial score (nSPS) is 21.5. The van der Waals surface area contributed by atoms with E-state index in [-0.39, 0.29) is 16.1 Å². The Hall–Kier alpha value is -2.32. The molecule has 1 unspecified atom stereocenters. The molecule has 0 saturated carbocycles. The van der Waals surface area contributed by atoms with Gasteiger partial charge in [-0.2, -0.15) is 13.2 Å². The van der Waals surface area contributed by atoms with Gasteiger partial charge in [0.2, 0.25) is 0 Å². The predicted octanol–water partition coefficient (Wildman–Crippen LogP) is 2.28. The molecule has 1 aromatic heterocycles. The maximum atomic E-state index is 13.0. The molecule has 0 spiro atoms. The minimum absolute atomic E-state index is 0.0341. The molecule has 0 radical (unpaired) electrons. The predicted molar refractivity (Wildman–Crippen MR) is 77.1 cm³/mol. The molecule has 2 saturated heterocycles. The van der Waals surface area contributed by atoms with Gasteiger partial charge in [0.25, 0.3) is 5.82 Å². The fraction of sp³-hybridized carbons (Fsp3) is 0.533. The SMILES string of the molecule is Cc1cc(C(F)(F)F)c(C)[n+]([O-])c1N1C(=O)C2CCCCN2C1=O. The van der Waals surface area contributed by atoms with Crippen molar-refractivity contribution in [2.24, 2.45) is 0 Å². The third-order valence-electron chi connectivity index (χ3n) is 4.56. The summed E-state index contributed by atoms with van der Waals surface area (Å²) >= 11 is 0. The van der Waals surface area contributed by atoms with Crippen LogP contribution in [0.4, 0.5) is 23.8 Å². The van der Waals surface area contributed by atoms with Gasteiger partial charge in [0.1, 0.15) is 11.7 Å². The van der Waals surface area contributed by atoms with Crippen LogP contribution in [-0.2, 0) is 11.0 Å². The quantitative estimate of drug-likeness (QED) is 0.446. The van der Waals surface area contributed by atoms with E-state index in [0.29, 0.717) is 13.0 Å². The van der Waals surface area contributed by atoms with Gasteiger partial charge in [0.05, 0.1) is 5.56 Å². The standard InChI is InChI=1S/C15H16F3N3O3/c1-8-7-10(15(16,17)18)9(2)21(24)12(8)20-13(22)11-5-3-4-6-19(11)14(20)23/h7,11H,3-6H2,1-2H3. The van der Waals surface area contributed by atoms with Crippen molar-refractivity contribution in [3.8, 4) is 0 Å². The number of carbonyl (C=O) groups excluding carboxylic acids is 2. The number of anilines is 1. The zero-order chi connectivity index (χ0) is 17.8. The van der Waals surface area contributed by atoms with Crippen LogP contribution in [0.5, 0.6) is 0 Å². The number of carbonyl (C=O) groups is 2. The highest BCUT2D eigenvalue weighted by Gasteiger charge is 2.54. The van der Waals surface area contributed by atoms with E-state index in [0.717, 1.165) is 30.7 Å². The first kappa shape index (κ1) is 16.5. The van der Waals surface area contributed by atoms with E-state index in [1.54, 1.807) is 0 Å². The van der Waals surface area contributed by atoms with Crippen molar-refractivity contribution in [2.45, 2.75) is 45.3 Å². The minimum Gasteiger partial charge on any atom is -0.710 e. The van der Waals surface area contributed by atoms with Gasteiger partial charge in [0, 0.05) is 12.1 Å². The average Bonchev–Trinajstić information content (AvgIpc) is 2.76. The van der Waals surface area contributed by atoms with Gasteiger partial charge in [-0.25, -0.2) is 14.3 Å². The topological polar surface area (TPSA) is 67.6 Å². The van der Waals surface area contributed by atoms with Crippen LogP contribution in [0.2, 0.25) is 0 Å². The van der Waals surface area contributed by atoms with Gasteiger partial charge in [-0.15, -0.1) is 4.90 Å². The van der Waals surface area contributed by atoms with Crippen LogP contribution in [0.25, 0.3) is 0 Å². The van der Waals surface area contributed by atoms with Gasteiger partial charge in [0.15, 0.2) is 0 Å². The Morgan fingerprint density at radius 1 is 1.25 bits per heavy atom. The van der Waals surface area contributed by atoms with Crippen LogP contribution >= 0.6 is 0 Å². The summed E-state index contributed by atoms with van der Waals surface area (Å²) in [6.07, 6.45) is -2.64. The number of nitrogens with zero attached hydrogens (tertiary/aromatic N) is 3. The number of amides is 3. The number of hydrogen-bond donors (Lipinski definition) is 0. The fourth-order valence-corrected chi connectivity index (χ4v) is 3.35. The van der Waals surface area contributed by atoms with Crippen molar-refractivity contribution in [3.05, 3.63) is 28.1 Å². The van der Waals surface area contributed by atoms with Gasteiger partial charge in [-0.3, -0.25) is 4.90 Å². The number of rotatable bonds is 1. The van der Waals surface area contributed by atoms with Gasteiger partial charge in [-0.05, 0) is 39.2 Å². The number of fused-ring (bicyclic) bond motifs is 1. The largest absolute Gasteiger partial charge is 0.710 e. The van der Waals surface area contributed by atoms with Gasteiger partial charge in [-0.1, -0.05) is 0 Å². The third kappa shape index (κ3) is 2.30. The summed E-state index contributed by atoms with van der Waals surface area (Å²) in [4.78, 5) is 27.2. The van der Waals surface area contributed by atoms with Crippen molar-refractivity contribution >= 4 is 17.8 Å². The van der Waals surface area contributed by atoms with E-state index in [4.69, 9.17) is 0 Å². The highest BCUT2D eigenvalue weighted by molar-refractivity contribution is 6.20. The highest BCUT2D eigenvalue weighted by Crippen LogP contribution is 2.35. The van der Waals surface area contributed by atoms with Gasteiger partial charge >= 0.3 is 18.1 Å². The molecule has 2 aliphatic rings. The molecule has 9 heteroatoms. The van der Waals surface area contributed by atoms with Crippen molar-refractivity contribution < 1.29 is 27.5 Å². The van der Waals surface area contributed by atoms with E-state index in [2.05, 4.69) is 0 Å². The zero-order valence-electron chi connectivity index (χ0n) is 13.2. The fourth-order valence-electron chi connectivity index (χ4n) is 3.35. The molecule has 2 aliphatic heterocycles. The summed E-state index contributed by atoms with van der Waals surface area (Å²) in [5, 5.41) is 12.4. The molecule has 0 bridgehead atoms. The molecule has 3 amide bonds. The molecule has 1 atom stereocenters.